The smallest absolute Gasteiger partial charge is 0.234 e. The van der Waals surface area contributed by atoms with Crippen LogP contribution in [0.4, 0.5) is 11.4 Å². The fraction of sp³-hybridized carbons (Fsp3) is 0.300. The molecule has 0 atom stereocenters. The zero-order chi connectivity index (χ0) is 19.0. The van der Waals surface area contributed by atoms with Gasteiger partial charge in [-0.15, -0.1) is 0 Å². The average molecular weight is 431 g/mol. The fourth-order valence-electron chi connectivity index (χ4n) is 3.49. The van der Waals surface area contributed by atoms with Crippen LogP contribution in [0.25, 0.3) is 0 Å². The van der Waals surface area contributed by atoms with E-state index in [4.69, 9.17) is 9.47 Å². The second-order valence-electron chi connectivity index (χ2n) is 6.57. The number of aryl methyl sites for hydroxylation is 1. The number of benzene rings is 2. The van der Waals surface area contributed by atoms with E-state index in [1.54, 1.807) is 0 Å². The summed E-state index contributed by atoms with van der Waals surface area (Å²) in [5.74, 6) is 0.887. The van der Waals surface area contributed by atoms with E-state index in [0.29, 0.717) is 23.6 Å². The molecule has 6 nitrogen and oxygen atoms in total. The molecule has 0 fully saturated rings. The topological polar surface area (TPSA) is 67.9 Å². The molecule has 0 radical (unpaired) electrons. The molecular weight excluding hydrogens is 412 g/mol. The Hall–Kier alpha value is -2.54. The minimum Gasteiger partial charge on any atom is -0.454 e. The van der Waals surface area contributed by atoms with Crippen LogP contribution in [0.15, 0.2) is 34.8 Å². The van der Waals surface area contributed by atoms with Crippen molar-refractivity contribution < 1.29 is 19.1 Å². The molecule has 1 N–H and O–H groups in total. The molecule has 2 aromatic rings. The summed E-state index contributed by atoms with van der Waals surface area (Å²) in [7, 11) is 0. The lowest BCUT2D eigenvalue weighted by Gasteiger charge is -2.22. The fourth-order valence-corrected chi connectivity index (χ4v) is 3.98. The number of ether oxygens (including phenoxy) is 2. The quantitative estimate of drug-likeness (QED) is 0.801. The summed E-state index contributed by atoms with van der Waals surface area (Å²) in [5.41, 5.74) is 3.55. The number of halogens is 1. The van der Waals surface area contributed by atoms with Gasteiger partial charge in [0.15, 0.2) is 11.5 Å². The highest BCUT2D eigenvalue weighted by atomic mass is 79.9. The number of amides is 2. The Labute approximate surface area is 165 Å². The minimum absolute atomic E-state index is 0.219. The minimum atomic E-state index is -0.292. The van der Waals surface area contributed by atoms with Crippen molar-refractivity contribution in [1.82, 2.24) is 0 Å². The first-order chi connectivity index (χ1) is 13.0. The molecule has 140 valence electrons. The molecule has 0 unspecified atom stereocenters. The van der Waals surface area contributed by atoms with Crippen LogP contribution in [0, 0.1) is 0 Å². The van der Waals surface area contributed by atoms with Crippen molar-refractivity contribution in [2.24, 2.45) is 0 Å². The molecule has 0 bridgehead atoms. The van der Waals surface area contributed by atoms with Gasteiger partial charge in [-0.1, -0.05) is 22.0 Å². The Kier molecular flexibility index (Phi) is 4.78. The van der Waals surface area contributed by atoms with E-state index in [-0.39, 0.29) is 25.0 Å². The van der Waals surface area contributed by atoms with E-state index >= 15 is 0 Å². The predicted octanol–water partition coefficient (Wildman–Crippen LogP) is 3.66. The van der Waals surface area contributed by atoms with E-state index in [9.17, 15) is 9.59 Å². The number of rotatable bonds is 4. The molecule has 27 heavy (non-hydrogen) atoms. The summed E-state index contributed by atoms with van der Waals surface area (Å²) in [6.45, 7) is 2.44. The molecule has 7 heteroatoms. The molecule has 4 rings (SSSR count). The van der Waals surface area contributed by atoms with Crippen LogP contribution in [-0.2, 0) is 22.4 Å². The van der Waals surface area contributed by atoms with E-state index in [0.717, 1.165) is 34.3 Å². The maximum absolute atomic E-state index is 12.9. The number of nitrogens with one attached hydrogen (secondary N) is 1. The number of hydrogen-bond acceptors (Lipinski definition) is 5. The molecule has 0 spiro atoms. The van der Waals surface area contributed by atoms with E-state index in [1.807, 2.05) is 30.3 Å². The van der Waals surface area contributed by atoms with Gasteiger partial charge < -0.3 is 14.8 Å². The molecule has 2 heterocycles. The number of nitrogens with zero attached hydrogens (tertiary/aromatic N) is 1. The van der Waals surface area contributed by atoms with Crippen LogP contribution >= 0.6 is 15.9 Å². The zero-order valence-electron chi connectivity index (χ0n) is 14.9. The number of anilines is 2. The molecule has 2 aromatic carbocycles. The molecule has 2 aliphatic heterocycles. The second kappa shape index (κ2) is 7.23. The van der Waals surface area contributed by atoms with Crippen molar-refractivity contribution >= 4 is 39.1 Å². The second-order valence-corrected chi connectivity index (χ2v) is 7.49. The number of hydrogen-bond donors (Lipinski definition) is 1. The number of fused-ring (bicyclic) bond motifs is 2. The summed E-state index contributed by atoms with van der Waals surface area (Å²) in [6, 6.07) is 9.48. The molecule has 0 aromatic heterocycles. The highest BCUT2D eigenvalue weighted by molar-refractivity contribution is 9.10. The number of imide groups is 1. The molecule has 0 saturated carbocycles. The van der Waals surface area contributed by atoms with Crippen molar-refractivity contribution in [3.8, 4) is 11.5 Å². The van der Waals surface area contributed by atoms with Crippen molar-refractivity contribution in [3.63, 3.8) is 0 Å². The van der Waals surface area contributed by atoms with Gasteiger partial charge in [-0.25, -0.2) is 4.90 Å². The summed E-state index contributed by atoms with van der Waals surface area (Å²) < 4.78 is 11.5. The Morgan fingerprint density at radius 2 is 2.00 bits per heavy atom. The highest BCUT2D eigenvalue weighted by Crippen LogP contribution is 2.37. The van der Waals surface area contributed by atoms with Gasteiger partial charge >= 0.3 is 0 Å². The Morgan fingerprint density at radius 3 is 2.81 bits per heavy atom. The summed E-state index contributed by atoms with van der Waals surface area (Å²) in [6.07, 6.45) is 1.61. The summed E-state index contributed by atoms with van der Waals surface area (Å²) in [5, 5.41) is 3.29. The highest BCUT2D eigenvalue weighted by Gasteiger charge is 2.26. The van der Waals surface area contributed by atoms with Crippen LogP contribution in [0.1, 0.15) is 24.5 Å². The maximum Gasteiger partial charge on any atom is 0.234 e. The number of carbonyl (C=O) groups excluding carboxylic acids is 2. The van der Waals surface area contributed by atoms with Crippen molar-refractivity contribution in [3.05, 3.63) is 45.9 Å². The van der Waals surface area contributed by atoms with Gasteiger partial charge in [0.1, 0.15) is 0 Å². The van der Waals surface area contributed by atoms with Crippen LogP contribution in [0.5, 0.6) is 11.5 Å². The third kappa shape index (κ3) is 3.51. The van der Waals surface area contributed by atoms with Crippen LogP contribution in [0.3, 0.4) is 0 Å². The average Bonchev–Trinajstić information content (AvgIpc) is 3.27. The van der Waals surface area contributed by atoms with Gasteiger partial charge in [0, 0.05) is 24.4 Å². The van der Waals surface area contributed by atoms with E-state index in [2.05, 4.69) is 21.2 Å². The van der Waals surface area contributed by atoms with Gasteiger partial charge in [0.25, 0.3) is 0 Å². The molecular formula is C20H19BrN2O4. The van der Waals surface area contributed by atoms with Gasteiger partial charge in [-0.05, 0) is 48.2 Å². The number of carbonyl (C=O) groups is 2. The SMILES string of the molecule is CC(=O)N(C(=O)CCc1ccc2c(c1)OCO2)c1cc(Br)cc2c1NCC2. The van der Waals surface area contributed by atoms with E-state index < -0.39 is 0 Å². The summed E-state index contributed by atoms with van der Waals surface area (Å²) in [4.78, 5) is 26.5. The van der Waals surface area contributed by atoms with Crippen LogP contribution in [-0.4, -0.2) is 25.2 Å². The van der Waals surface area contributed by atoms with Gasteiger partial charge in [0.2, 0.25) is 18.6 Å². The third-order valence-corrected chi connectivity index (χ3v) is 5.19. The first kappa shape index (κ1) is 17.9. The first-order valence-electron chi connectivity index (χ1n) is 8.81. The lowest BCUT2D eigenvalue weighted by molar-refractivity contribution is -0.125. The van der Waals surface area contributed by atoms with Gasteiger partial charge in [-0.2, -0.15) is 0 Å². The molecule has 2 aliphatic rings. The van der Waals surface area contributed by atoms with Crippen LogP contribution < -0.4 is 19.7 Å². The van der Waals surface area contributed by atoms with E-state index in [1.165, 1.54) is 11.8 Å². The molecule has 2 amide bonds. The van der Waals surface area contributed by atoms with Gasteiger partial charge in [-0.3, -0.25) is 9.59 Å². The first-order valence-corrected chi connectivity index (χ1v) is 9.60. The van der Waals surface area contributed by atoms with Crippen molar-refractivity contribution in [1.29, 1.82) is 0 Å². The molecule has 0 saturated heterocycles. The molecule has 0 aliphatic carbocycles. The van der Waals surface area contributed by atoms with Crippen molar-refractivity contribution in [2.75, 3.05) is 23.6 Å². The zero-order valence-corrected chi connectivity index (χ0v) is 16.5. The Morgan fingerprint density at radius 1 is 1.19 bits per heavy atom. The lowest BCUT2D eigenvalue weighted by Crippen LogP contribution is -2.35. The third-order valence-electron chi connectivity index (χ3n) is 4.73. The normalized spacial score (nSPS) is 13.9. The predicted molar refractivity (Wildman–Crippen MR) is 105 cm³/mol. The Balaban J connectivity index is 1.55. The largest absolute Gasteiger partial charge is 0.454 e. The van der Waals surface area contributed by atoms with Gasteiger partial charge in [0.05, 0.1) is 11.4 Å². The standard InChI is InChI=1S/C20H19BrN2O4/c1-12(24)23(16-10-15(21)9-14-6-7-22-20(14)16)19(25)5-3-13-2-4-17-18(8-13)27-11-26-17/h2,4,8-10,22H,3,5-7,11H2,1H3. The Bertz CT molecular complexity index is 928. The van der Waals surface area contributed by atoms with Crippen molar-refractivity contribution in [2.45, 2.75) is 26.2 Å². The van der Waals surface area contributed by atoms with Crippen LogP contribution in [0.2, 0.25) is 0 Å². The lowest BCUT2D eigenvalue weighted by atomic mass is 10.1. The maximum atomic E-state index is 12.9. The summed E-state index contributed by atoms with van der Waals surface area (Å²) >= 11 is 3.48. The monoisotopic (exact) mass is 430 g/mol.